The summed E-state index contributed by atoms with van der Waals surface area (Å²) >= 11 is 0. The fourth-order valence-corrected chi connectivity index (χ4v) is 4.42. The van der Waals surface area contributed by atoms with Crippen molar-refractivity contribution in [3.05, 3.63) is 66.2 Å². The molecule has 1 aliphatic carbocycles. The Morgan fingerprint density at radius 1 is 0.824 bits per heavy atom. The van der Waals surface area contributed by atoms with E-state index in [0.29, 0.717) is 30.4 Å². The van der Waals surface area contributed by atoms with E-state index in [-0.39, 0.29) is 0 Å². The summed E-state index contributed by atoms with van der Waals surface area (Å²) in [5.41, 5.74) is 0.490. The van der Waals surface area contributed by atoms with Gasteiger partial charge in [0.15, 0.2) is 0 Å². The Morgan fingerprint density at radius 2 is 1.47 bits per heavy atom. The van der Waals surface area contributed by atoms with Gasteiger partial charge in [-0.25, -0.2) is 4.79 Å². The molecular weight excluding hydrogens is 424 g/mol. The fourth-order valence-electron chi connectivity index (χ4n) is 4.42. The third-order valence-electron chi connectivity index (χ3n) is 6.46. The van der Waals surface area contributed by atoms with Crippen molar-refractivity contribution < 1.29 is 19.0 Å². The number of carbonyl (C=O) groups excluding carboxylic acids is 1. The van der Waals surface area contributed by atoms with Gasteiger partial charge in [0.25, 0.3) is 0 Å². The van der Waals surface area contributed by atoms with Gasteiger partial charge < -0.3 is 14.2 Å². The van der Waals surface area contributed by atoms with E-state index in [4.69, 9.17) is 14.2 Å². The molecule has 0 heterocycles. The molecule has 0 bridgehead atoms. The molecule has 184 valence electrons. The SMILES string of the molecule is CCCCC[C@H]1CC[C@H](C=CCOc2ccc(OC(=O)c3ccc(OCCC)cc3)cc2)CC1. The van der Waals surface area contributed by atoms with E-state index in [1.807, 2.05) is 12.1 Å². The number of ether oxygens (including phenoxy) is 3. The smallest absolute Gasteiger partial charge is 0.343 e. The van der Waals surface area contributed by atoms with Crippen LogP contribution in [0.5, 0.6) is 17.2 Å². The number of unbranched alkanes of at least 4 members (excludes halogenated alkanes) is 2. The van der Waals surface area contributed by atoms with Gasteiger partial charge in [0.1, 0.15) is 23.9 Å². The standard InChI is InChI=1S/C30H40O4/c1-3-5-6-8-24-10-12-25(13-11-24)9-7-23-33-28-18-20-29(21-19-28)34-30(31)26-14-16-27(17-15-26)32-22-4-2/h7,9,14-21,24-25H,3-6,8,10-13,22-23H2,1-2H3/t24-,25-. The average Bonchev–Trinajstić information content (AvgIpc) is 2.87. The Bertz CT molecular complexity index is 862. The van der Waals surface area contributed by atoms with Gasteiger partial charge in [-0.3, -0.25) is 0 Å². The fraction of sp³-hybridized carbons (Fsp3) is 0.500. The molecule has 0 N–H and O–H groups in total. The van der Waals surface area contributed by atoms with Crippen LogP contribution in [0.25, 0.3) is 0 Å². The lowest BCUT2D eigenvalue weighted by Crippen LogP contribution is -2.13. The molecule has 0 atom stereocenters. The van der Waals surface area contributed by atoms with Gasteiger partial charge in [0.2, 0.25) is 0 Å². The van der Waals surface area contributed by atoms with E-state index in [1.165, 1.54) is 51.4 Å². The van der Waals surface area contributed by atoms with Crippen LogP contribution in [-0.2, 0) is 0 Å². The van der Waals surface area contributed by atoms with Crippen LogP contribution in [0.4, 0.5) is 0 Å². The summed E-state index contributed by atoms with van der Waals surface area (Å²) in [4.78, 5) is 12.4. The number of rotatable bonds is 13. The molecular formula is C30H40O4. The van der Waals surface area contributed by atoms with Gasteiger partial charge in [-0.2, -0.15) is 0 Å². The molecule has 0 saturated heterocycles. The average molecular weight is 465 g/mol. The minimum Gasteiger partial charge on any atom is -0.494 e. The maximum atomic E-state index is 12.4. The molecule has 1 fully saturated rings. The summed E-state index contributed by atoms with van der Waals surface area (Å²) in [7, 11) is 0. The topological polar surface area (TPSA) is 44.8 Å². The predicted molar refractivity (Wildman–Crippen MR) is 138 cm³/mol. The first-order valence-electron chi connectivity index (χ1n) is 13.0. The van der Waals surface area contributed by atoms with Crippen LogP contribution in [0.15, 0.2) is 60.7 Å². The molecule has 2 aromatic rings. The molecule has 2 aromatic carbocycles. The third kappa shape index (κ3) is 8.89. The van der Waals surface area contributed by atoms with Gasteiger partial charge in [-0.1, -0.05) is 51.7 Å². The molecule has 0 amide bonds. The second-order valence-corrected chi connectivity index (χ2v) is 9.25. The maximum Gasteiger partial charge on any atom is 0.343 e. The zero-order chi connectivity index (χ0) is 24.0. The van der Waals surface area contributed by atoms with Crippen molar-refractivity contribution >= 4 is 5.97 Å². The van der Waals surface area contributed by atoms with Crippen molar-refractivity contribution in [2.75, 3.05) is 13.2 Å². The largest absolute Gasteiger partial charge is 0.494 e. The molecule has 34 heavy (non-hydrogen) atoms. The number of benzene rings is 2. The van der Waals surface area contributed by atoms with E-state index in [0.717, 1.165) is 23.8 Å². The molecule has 0 radical (unpaired) electrons. The highest BCUT2D eigenvalue weighted by molar-refractivity contribution is 5.91. The first-order chi connectivity index (χ1) is 16.7. The lowest BCUT2D eigenvalue weighted by atomic mass is 9.79. The van der Waals surface area contributed by atoms with Crippen LogP contribution in [0, 0.1) is 11.8 Å². The summed E-state index contributed by atoms with van der Waals surface area (Å²) in [5, 5.41) is 0. The zero-order valence-corrected chi connectivity index (χ0v) is 20.8. The van der Waals surface area contributed by atoms with Crippen LogP contribution in [0.3, 0.4) is 0 Å². The normalized spacial score (nSPS) is 18.1. The highest BCUT2D eigenvalue weighted by Crippen LogP contribution is 2.32. The molecule has 0 aliphatic heterocycles. The number of esters is 1. The van der Waals surface area contributed by atoms with E-state index in [1.54, 1.807) is 36.4 Å². The maximum absolute atomic E-state index is 12.4. The van der Waals surface area contributed by atoms with E-state index in [9.17, 15) is 4.79 Å². The summed E-state index contributed by atoms with van der Waals surface area (Å²) in [6, 6.07) is 14.2. The van der Waals surface area contributed by atoms with Crippen LogP contribution < -0.4 is 14.2 Å². The first-order valence-corrected chi connectivity index (χ1v) is 13.0. The van der Waals surface area contributed by atoms with Crippen LogP contribution in [-0.4, -0.2) is 19.2 Å². The van der Waals surface area contributed by atoms with E-state index >= 15 is 0 Å². The van der Waals surface area contributed by atoms with Gasteiger partial charge in [0, 0.05) is 0 Å². The molecule has 0 unspecified atom stereocenters. The lowest BCUT2D eigenvalue weighted by Gasteiger charge is -2.26. The van der Waals surface area contributed by atoms with Crippen molar-refractivity contribution in [1.29, 1.82) is 0 Å². The molecule has 4 nitrogen and oxygen atoms in total. The quantitative estimate of drug-likeness (QED) is 0.130. The number of carbonyl (C=O) groups is 1. The van der Waals surface area contributed by atoms with Gasteiger partial charge in [-0.15, -0.1) is 0 Å². The van der Waals surface area contributed by atoms with Crippen molar-refractivity contribution in [2.24, 2.45) is 11.8 Å². The highest BCUT2D eigenvalue weighted by atomic mass is 16.5. The zero-order valence-electron chi connectivity index (χ0n) is 20.8. The second kappa shape index (κ2) is 14.5. The number of hydrogen-bond acceptors (Lipinski definition) is 4. The van der Waals surface area contributed by atoms with Crippen molar-refractivity contribution in [3.63, 3.8) is 0 Å². The molecule has 3 rings (SSSR count). The molecule has 1 aliphatic rings. The highest BCUT2D eigenvalue weighted by Gasteiger charge is 2.18. The Balaban J connectivity index is 1.36. The first kappa shape index (κ1) is 25.9. The summed E-state index contributed by atoms with van der Waals surface area (Å²) < 4.78 is 16.8. The van der Waals surface area contributed by atoms with Crippen LogP contribution in [0.2, 0.25) is 0 Å². The Kier molecular flexibility index (Phi) is 11.0. The minimum atomic E-state index is -0.390. The van der Waals surface area contributed by atoms with E-state index in [2.05, 4.69) is 26.0 Å². The van der Waals surface area contributed by atoms with Gasteiger partial charge in [0.05, 0.1) is 12.2 Å². The molecule has 1 saturated carbocycles. The van der Waals surface area contributed by atoms with Crippen molar-refractivity contribution in [3.8, 4) is 17.2 Å². The molecule has 4 heteroatoms. The van der Waals surface area contributed by atoms with Gasteiger partial charge in [-0.05, 0) is 92.5 Å². The van der Waals surface area contributed by atoms with Crippen LogP contribution >= 0.6 is 0 Å². The second-order valence-electron chi connectivity index (χ2n) is 9.25. The third-order valence-corrected chi connectivity index (χ3v) is 6.46. The Labute approximate surface area is 205 Å². The number of hydrogen-bond donors (Lipinski definition) is 0. The summed E-state index contributed by atoms with van der Waals surface area (Å²) in [6.45, 7) is 5.55. The van der Waals surface area contributed by atoms with Crippen LogP contribution in [0.1, 0.15) is 82.0 Å². The van der Waals surface area contributed by atoms with Crippen molar-refractivity contribution in [2.45, 2.75) is 71.6 Å². The predicted octanol–water partition coefficient (Wildman–Crippen LogP) is 8.02. The summed E-state index contributed by atoms with van der Waals surface area (Å²) in [6.07, 6.45) is 16.3. The Hall–Kier alpha value is -2.75. The molecule has 0 spiro atoms. The molecule has 0 aromatic heterocycles. The monoisotopic (exact) mass is 464 g/mol. The minimum absolute atomic E-state index is 0.390. The van der Waals surface area contributed by atoms with Gasteiger partial charge >= 0.3 is 5.97 Å². The van der Waals surface area contributed by atoms with E-state index < -0.39 is 5.97 Å². The Morgan fingerprint density at radius 3 is 2.15 bits per heavy atom. The van der Waals surface area contributed by atoms with Crippen molar-refractivity contribution in [1.82, 2.24) is 0 Å². The number of allylic oxidation sites excluding steroid dienone is 1. The summed E-state index contributed by atoms with van der Waals surface area (Å²) in [5.74, 6) is 3.26. The lowest BCUT2D eigenvalue weighted by molar-refractivity contribution is 0.0734.